The highest BCUT2D eigenvalue weighted by atomic mass is 32.2. The fraction of sp³-hybridized carbons (Fsp3) is 0.345. The lowest BCUT2D eigenvalue weighted by molar-refractivity contribution is -0.129. The van der Waals surface area contributed by atoms with Crippen LogP contribution in [0.25, 0.3) is 6.08 Å². The lowest BCUT2D eigenvalue weighted by Gasteiger charge is -2.32. The van der Waals surface area contributed by atoms with Crippen LogP contribution >= 0.6 is 0 Å². The Bertz CT molecular complexity index is 1450. The molecule has 0 bridgehead atoms. The number of nitrogens with zero attached hydrogens (tertiary/aromatic N) is 2. The molecule has 4 rings (SSSR count). The molecular weight excluding hydrogens is 529 g/mol. The Kier molecular flexibility index (Phi) is 8.72. The lowest BCUT2D eigenvalue weighted by Crippen LogP contribution is -2.41. The number of amides is 1. The van der Waals surface area contributed by atoms with Crippen LogP contribution in [0.3, 0.4) is 0 Å². The second kappa shape index (κ2) is 11.7. The smallest absolute Gasteiger partial charge is 0.399 e. The Morgan fingerprint density at radius 1 is 0.975 bits per heavy atom. The number of rotatable bonds is 10. The summed E-state index contributed by atoms with van der Waals surface area (Å²) in [5.41, 5.74) is 4.90. The molecule has 11 heteroatoms. The van der Waals surface area contributed by atoms with Gasteiger partial charge >= 0.3 is 7.12 Å². The van der Waals surface area contributed by atoms with Crippen LogP contribution in [0.4, 0.5) is 0 Å². The molecule has 1 amide bonds. The molecule has 1 aliphatic heterocycles. The summed E-state index contributed by atoms with van der Waals surface area (Å²) >= 11 is 0. The summed E-state index contributed by atoms with van der Waals surface area (Å²) in [6.45, 7) is 8.93. The van der Waals surface area contributed by atoms with Gasteiger partial charge in [-0.05, 0) is 88.2 Å². The van der Waals surface area contributed by atoms with Crippen molar-refractivity contribution in [3.8, 4) is 0 Å². The van der Waals surface area contributed by atoms with Gasteiger partial charge in [0.05, 0.1) is 22.7 Å². The topological polar surface area (TPSA) is 99.1 Å². The van der Waals surface area contributed by atoms with Crippen molar-refractivity contribution in [2.75, 3.05) is 14.1 Å². The Morgan fingerprint density at radius 3 is 2.17 bits per heavy atom. The minimum Gasteiger partial charge on any atom is -0.399 e. The van der Waals surface area contributed by atoms with Crippen LogP contribution in [0.5, 0.6) is 0 Å². The number of hydrogen-bond acceptors (Lipinski definition) is 7. The van der Waals surface area contributed by atoms with Gasteiger partial charge in [-0.3, -0.25) is 9.63 Å². The molecule has 2 aromatic carbocycles. The Hall–Kier alpha value is -3.22. The highest BCUT2D eigenvalue weighted by molar-refractivity contribution is 7.90. The van der Waals surface area contributed by atoms with Gasteiger partial charge in [0.1, 0.15) is 0 Å². The van der Waals surface area contributed by atoms with E-state index < -0.39 is 34.3 Å². The number of hydrogen-bond donors (Lipinski definition) is 1. The Labute approximate surface area is 236 Å². The third kappa shape index (κ3) is 6.91. The average Bonchev–Trinajstić information content (AvgIpc) is 3.45. The molecule has 1 saturated heterocycles. The fourth-order valence-electron chi connectivity index (χ4n) is 4.04. The molecule has 0 radical (unpaired) electrons. The minimum absolute atomic E-state index is 0.172. The molecular formula is C29H36BN3O6S. The lowest BCUT2D eigenvalue weighted by atomic mass is 9.79. The second-order valence-electron chi connectivity index (χ2n) is 11.1. The number of hydroxylamine groups is 1. The molecule has 212 valence electrons. The van der Waals surface area contributed by atoms with Crippen molar-refractivity contribution in [2.24, 2.45) is 0 Å². The van der Waals surface area contributed by atoms with Gasteiger partial charge in [0, 0.05) is 25.0 Å². The Balaban J connectivity index is 1.27. The number of aromatic nitrogens is 1. The van der Waals surface area contributed by atoms with E-state index in [2.05, 4.69) is 5.48 Å². The normalized spacial score (nSPS) is 16.6. The molecule has 3 aromatic rings. The maximum atomic E-state index is 13.0. The standard InChI is InChI=1S/C29H36BN3O6S/c1-28(2)29(3,4)39-30(38-28)25-12-7-24(8-13-25)21-37-31-27(34)16-11-23-17-18-33(20-23)40(35,36)26-14-9-22(10-15-26)19-32(5)6/h7-18,20H,19,21H2,1-6H3,(H,31,34)/b16-11-. The Morgan fingerprint density at radius 2 is 1.57 bits per heavy atom. The first-order valence-corrected chi connectivity index (χ1v) is 14.4. The monoisotopic (exact) mass is 565 g/mol. The molecule has 0 spiro atoms. The first kappa shape index (κ1) is 29.8. The van der Waals surface area contributed by atoms with Crippen LogP contribution in [-0.2, 0) is 42.1 Å². The van der Waals surface area contributed by atoms with E-state index in [-0.39, 0.29) is 11.5 Å². The number of carbonyl (C=O) groups excluding carboxylic acids is 1. The van der Waals surface area contributed by atoms with Crippen LogP contribution in [0.1, 0.15) is 44.4 Å². The van der Waals surface area contributed by atoms with Crippen LogP contribution in [0.15, 0.2) is 78.0 Å². The molecule has 40 heavy (non-hydrogen) atoms. The fourth-order valence-corrected chi connectivity index (χ4v) is 5.25. The van der Waals surface area contributed by atoms with E-state index in [1.54, 1.807) is 30.3 Å². The number of carbonyl (C=O) groups is 1. The highest BCUT2D eigenvalue weighted by Crippen LogP contribution is 2.36. The molecule has 1 aromatic heterocycles. The van der Waals surface area contributed by atoms with E-state index in [0.717, 1.165) is 27.1 Å². The van der Waals surface area contributed by atoms with Crippen LogP contribution in [-0.4, -0.2) is 55.6 Å². The van der Waals surface area contributed by atoms with Gasteiger partial charge in [-0.2, -0.15) is 0 Å². The first-order chi connectivity index (χ1) is 18.8. The number of benzene rings is 2. The zero-order chi connectivity index (χ0) is 29.1. The molecule has 1 N–H and O–H groups in total. The van der Waals surface area contributed by atoms with E-state index in [1.165, 1.54) is 24.5 Å². The summed E-state index contributed by atoms with van der Waals surface area (Å²) in [5.74, 6) is -0.471. The van der Waals surface area contributed by atoms with Gasteiger partial charge < -0.3 is 14.2 Å². The van der Waals surface area contributed by atoms with E-state index in [4.69, 9.17) is 14.1 Å². The van der Waals surface area contributed by atoms with Crippen molar-refractivity contribution < 1.29 is 27.4 Å². The molecule has 0 atom stereocenters. The summed E-state index contributed by atoms with van der Waals surface area (Å²) in [6.07, 6.45) is 5.70. The van der Waals surface area contributed by atoms with Crippen molar-refractivity contribution in [3.63, 3.8) is 0 Å². The third-order valence-electron chi connectivity index (χ3n) is 7.03. The molecule has 1 fully saturated rings. The maximum Gasteiger partial charge on any atom is 0.494 e. The number of nitrogens with one attached hydrogen (secondary N) is 1. The highest BCUT2D eigenvalue weighted by Gasteiger charge is 2.51. The quantitative estimate of drug-likeness (QED) is 0.229. The van der Waals surface area contributed by atoms with E-state index in [0.29, 0.717) is 5.56 Å². The van der Waals surface area contributed by atoms with Crippen molar-refractivity contribution in [1.29, 1.82) is 0 Å². The van der Waals surface area contributed by atoms with Gasteiger partial charge in [-0.15, -0.1) is 0 Å². The van der Waals surface area contributed by atoms with Crippen LogP contribution in [0, 0.1) is 0 Å². The molecule has 0 aliphatic carbocycles. The van der Waals surface area contributed by atoms with Gasteiger partial charge in [0.25, 0.3) is 15.9 Å². The maximum absolute atomic E-state index is 13.0. The minimum atomic E-state index is -3.74. The zero-order valence-electron chi connectivity index (χ0n) is 23.7. The second-order valence-corrected chi connectivity index (χ2v) is 12.9. The summed E-state index contributed by atoms with van der Waals surface area (Å²) in [7, 11) is -0.275. The van der Waals surface area contributed by atoms with Gasteiger partial charge in [-0.25, -0.2) is 17.9 Å². The van der Waals surface area contributed by atoms with Crippen molar-refractivity contribution in [2.45, 2.75) is 56.9 Å². The van der Waals surface area contributed by atoms with E-state index in [9.17, 15) is 13.2 Å². The van der Waals surface area contributed by atoms with Gasteiger partial charge in [0.15, 0.2) is 0 Å². The van der Waals surface area contributed by atoms with Gasteiger partial charge in [0.2, 0.25) is 0 Å². The van der Waals surface area contributed by atoms with Crippen LogP contribution < -0.4 is 10.9 Å². The first-order valence-electron chi connectivity index (χ1n) is 13.0. The zero-order valence-corrected chi connectivity index (χ0v) is 24.6. The molecule has 1 aliphatic rings. The molecule has 0 saturated carbocycles. The summed E-state index contributed by atoms with van der Waals surface area (Å²) in [6, 6.07) is 16.0. The van der Waals surface area contributed by atoms with Gasteiger partial charge in [-0.1, -0.05) is 36.4 Å². The molecule has 9 nitrogen and oxygen atoms in total. The van der Waals surface area contributed by atoms with Crippen LogP contribution in [0.2, 0.25) is 0 Å². The predicted molar refractivity (Wildman–Crippen MR) is 155 cm³/mol. The summed E-state index contributed by atoms with van der Waals surface area (Å²) < 4.78 is 39.2. The van der Waals surface area contributed by atoms with E-state index >= 15 is 0 Å². The summed E-state index contributed by atoms with van der Waals surface area (Å²) in [5, 5.41) is 0. The average molecular weight is 566 g/mol. The summed E-state index contributed by atoms with van der Waals surface area (Å²) in [4.78, 5) is 19.7. The molecule has 0 unspecified atom stereocenters. The third-order valence-corrected chi connectivity index (χ3v) is 8.68. The van der Waals surface area contributed by atoms with E-state index in [1.807, 2.05) is 71.0 Å². The van der Waals surface area contributed by atoms with Crippen molar-refractivity contribution in [1.82, 2.24) is 14.4 Å². The predicted octanol–water partition coefficient (Wildman–Crippen LogP) is 3.35. The van der Waals surface area contributed by atoms with Crippen molar-refractivity contribution in [3.05, 3.63) is 89.8 Å². The SMILES string of the molecule is CN(C)Cc1ccc(S(=O)(=O)n2ccc(/C=C\C(=O)NOCc3ccc(B4OC(C)(C)C(C)(C)O4)cc3)c2)cc1. The largest absolute Gasteiger partial charge is 0.494 e. The van der Waals surface area contributed by atoms with Crippen molar-refractivity contribution >= 4 is 34.6 Å². The molecule has 2 heterocycles.